The molecule has 1 heterocycles. The highest BCUT2D eigenvalue weighted by Crippen LogP contribution is 2.25. The first-order valence-electron chi connectivity index (χ1n) is 8.56. The maximum atomic E-state index is 14.0. The Hall–Kier alpha value is -2.62. The van der Waals surface area contributed by atoms with Gasteiger partial charge in [0, 0.05) is 26.2 Å². The van der Waals surface area contributed by atoms with Crippen molar-refractivity contribution >= 4 is 17.5 Å². The molecule has 1 aliphatic heterocycles. The van der Waals surface area contributed by atoms with Crippen LogP contribution in [0.4, 0.5) is 4.39 Å². The van der Waals surface area contributed by atoms with Gasteiger partial charge in [0.25, 0.3) is 5.91 Å². The van der Waals surface area contributed by atoms with Gasteiger partial charge in [0.1, 0.15) is 17.6 Å². The van der Waals surface area contributed by atoms with Crippen LogP contribution in [0.1, 0.15) is 22.0 Å². The number of ether oxygens (including phenoxy) is 1. The summed E-state index contributed by atoms with van der Waals surface area (Å²) in [4.78, 5) is 16.2. The predicted molar refractivity (Wildman–Crippen MR) is 100 cm³/mol. The van der Waals surface area contributed by atoms with E-state index in [0.717, 1.165) is 11.3 Å². The average Bonchev–Trinajstić information content (AvgIpc) is 2.69. The molecule has 1 fully saturated rings. The van der Waals surface area contributed by atoms with Gasteiger partial charge in [0.05, 0.1) is 23.8 Å². The number of benzene rings is 2. The molecule has 140 valence electrons. The van der Waals surface area contributed by atoms with Gasteiger partial charge in [0.2, 0.25) is 0 Å². The quantitative estimate of drug-likeness (QED) is 0.805. The van der Waals surface area contributed by atoms with Gasteiger partial charge < -0.3 is 9.64 Å². The van der Waals surface area contributed by atoms with Crippen molar-refractivity contribution in [1.82, 2.24) is 9.80 Å². The maximum Gasteiger partial charge on any atom is 0.258 e. The summed E-state index contributed by atoms with van der Waals surface area (Å²) in [6.07, 6.45) is 0. The van der Waals surface area contributed by atoms with Gasteiger partial charge in [-0.2, -0.15) is 5.26 Å². The zero-order valence-corrected chi connectivity index (χ0v) is 15.6. The van der Waals surface area contributed by atoms with E-state index in [1.807, 2.05) is 29.2 Å². The molecule has 0 bridgehead atoms. The normalized spacial score (nSPS) is 15.9. The lowest BCUT2D eigenvalue weighted by Crippen LogP contribution is -2.49. The van der Waals surface area contributed by atoms with Gasteiger partial charge in [-0.15, -0.1) is 0 Å². The van der Waals surface area contributed by atoms with Crippen molar-refractivity contribution in [1.29, 1.82) is 5.26 Å². The number of nitrogens with zero attached hydrogens (tertiary/aromatic N) is 3. The second-order valence-electron chi connectivity index (χ2n) is 6.23. The van der Waals surface area contributed by atoms with Gasteiger partial charge in [-0.3, -0.25) is 9.69 Å². The van der Waals surface area contributed by atoms with E-state index in [4.69, 9.17) is 16.3 Å². The van der Waals surface area contributed by atoms with Crippen molar-refractivity contribution in [3.8, 4) is 11.8 Å². The molecule has 0 N–H and O–H groups in total. The van der Waals surface area contributed by atoms with E-state index in [2.05, 4.69) is 6.07 Å². The van der Waals surface area contributed by atoms with Crippen LogP contribution in [0.2, 0.25) is 5.02 Å². The second-order valence-corrected chi connectivity index (χ2v) is 6.64. The summed E-state index contributed by atoms with van der Waals surface area (Å²) in [5, 5.41) is 9.72. The molecule has 0 saturated carbocycles. The zero-order chi connectivity index (χ0) is 19.4. The second kappa shape index (κ2) is 8.38. The van der Waals surface area contributed by atoms with Crippen LogP contribution in [0.15, 0.2) is 42.5 Å². The van der Waals surface area contributed by atoms with Crippen LogP contribution in [-0.4, -0.2) is 49.0 Å². The van der Waals surface area contributed by atoms with Gasteiger partial charge in [-0.1, -0.05) is 29.8 Å². The van der Waals surface area contributed by atoms with Gasteiger partial charge >= 0.3 is 0 Å². The number of carbonyl (C=O) groups excluding carboxylic acids is 1. The Bertz CT molecular complexity index is 838. The van der Waals surface area contributed by atoms with Crippen molar-refractivity contribution < 1.29 is 13.9 Å². The van der Waals surface area contributed by atoms with Crippen molar-refractivity contribution in [2.45, 2.75) is 6.04 Å². The number of methoxy groups -OCH3 is 1. The van der Waals surface area contributed by atoms with E-state index < -0.39 is 17.8 Å². The molecule has 1 aliphatic rings. The van der Waals surface area contributed by atoms with Crippen molar-refractivity contribution in [3.05, 3.63) is 64.4 Å². The number of piperazine rings is 1. The smallest absolute Gasteiger partial charge is 0.258 e. The number of hydrogen-bond acceptors (Lipinski definition) is 4. The highest BCUT2D eigenvalue weighted by molar-refractivity contribution is 6.33. The number of rotatable bonds is 4. The summed E-state index contributed by atoms with van der Waals surface area (Å²) in [7, 11) is 1.59. The molecule has 1 saturated heterocycles. The fourth-order valence-electron chi connectivity index (χ4n) is 3.20. The van der Waals surface area contributed by atoms with E-state index >= 15 is 0 Å². The third kappa shape index (κ3) is 4.05. The molecular formula is C20H19ClFN3O2. The van der Waals surface area contributed by atoms with Crippen LogP contribution in [0, 0.1) is 17.1 Å². The molecule has 0 spiro atoms. The van der Waals surface area contributed by atoms with Crippen LogP contribution in [-0.2, 0) is 0 Å². The number of nitriles is 1. The Morgan fingerprint density at radius 2 is 1.85 bits per heavy atom. The van der Waals surface area contributed by atoms with E-state index in [0.29, 0.717) is 26.2 Å². The summed E-state index contributed by atoms with van der Waals surface area (Å²) in [5.74, 6) is -0.314. The minimum absolute atomic E-state index is 0.0976. The fraction of sp³-hybridized carbons (Fsp3) is 0.300. The lowest BCUT2D eigenvalue weighted by molar-refractivity contribution is 0.0602. The SMILES string of the molecule is COc1ccc(C(C#N)N2CCN(C(=O)c3c(F)cccc3Cl)CC2)cc1. The van der Waals surface area contributed by atoms with Gasteiger partial charge in [-0.05, 0) is 29.8 Å². The first kappa shape index (κ1) is 19.2. The number of hydrogen-bond donors (Lipinski definition) is 0. The molecule has 0 radical (unpaired) electrons. The van der Waals surface area contributed by atoms with E-state index in [9.17, 15) is 14.4 Å². The van der Waals surface area contributed by atoms with Crippen LogP contribution >= 0.6 is 11.6 Å². The summed E-state index contributed by atoms with van der Waals surface area (Å²) < 4.78 is 19.2. The molecule has 0 aliphatic carbocycles. The molecule has 0 aromatic heterocycles. The van der Waals surface area contributed by atoms with Crippen LogP contribution < -0.4 is 4.74 Å². The average molecular weight is 388 g/mol. The molecule has 27 heavy (non-hydrogen) atoms. The monoisotopic (exact) mass is 387 g/mol. The van der Waals surface area contributed by atoms with Gasteiger partial charge in [0.15, 0.2) is 0 Å². The summed E-state index contributed by atoms with van der Waals surface area (Å²) in [6.45, 7) is 1.83. The fourth-order valence-corrected chi connectivity index (χ4v) is 3.44. The highest BCUT2D eigenvalue weighted by atomic mass is 35.5. The van der Waals surface area contributed by atoms with Crippen molar-refractivity contribution in [3.63, 3.8) is 0 Å². The third-order valence-electron chi connectivity index (χ3n) is 4.70. The molecule has 2 aromatic carbocycles. The first-order valence-corrected chi connectivity index (χ1v) is 8.94. The molecular weight excluding hydrogens is 369 g/mol. The molecule has 1 unspecified atom stereocenters. The largest absolute Gasteiger partial charge is 0.497 e. The minimum atomic E-state index is -0.622. The van der Waals surface area contributed by atoms with Crippen LogP contribution in [0.3, 0.4) is 0 Å². The Kier molecular flexibility index (Phi) is 5.94. The molecule has 7 heteroatoms. The van der Waals surface area contributed by atoms with E-state index in [1.165, 1.54) is 18.2 Å². The summed E-state index contributed by atoms with van der Waals surface area (Å²) in [6, 6.07) is 13.5. The van der Waals surface area contributed by atoms with Crippen molar-refractivity contribution in [2.75, 3.05) is 33.3 Å². The summed E-state index contributed by atoms with van der Waals surface area (Å²) in [5.41, 5.74) is 0.773. The summed E-state index contributed by atoms with van der Waals surface area (Å²) >= 11 is 6.00. The maximum absolute atomic E-state index is 14.0. The number of amides is 1. The van der Waals surface area contributed by atoms with Crippen LogP contribution in [0.25, 0.3) is 0 Å². The molecule has 1 atom stereocenters. The Morgan fingerprint density at radius 3 is 2.41 bits per heavy atom. The first-order chi connectivity index (χ1) is 13.0. The molecule has 3 rings (SSSR count). The third-order valence-corrected chi connectivity index (χ3v) is 5.01. The lowest BCUT2D eigenvalue weighted by atomic mass is 10.1. The topological polar surface area (TPSA) is 56.6 Å². The lowest BCUT2D eigenvalue weighted by Gasteiger charge is -2.37. The Morgan fingerprint density at radius 1 is 1.19 bits per heavy atom. The number of carbonyl (C=O) groups is 1. The van der Waals surface area contributed by atoms with Crippen molar-refractivity contribution in [2.24, 2.45) is 0 Å². The molecule has 2 aromatic rings. The predicted octanol–water partition coefficient (Wildman–Crippen LogP) is 3.51. The number of halogens is 2. The van der Waals surface area contributed by atoms with Gasteiger partial charge in [-0.25, -0.2) is 4.39 Å². The molecule has 5 nitrogen and oxygen atoms in total. The standard InChI is InChI=1S/C20H19ClFN3O2/c1-27-15-7-5-14(6-8-15)18(13-23)24-9-11-25(12-10-24)20(26)19-16(21)3-2-4-17(19)22/h2-8,18H,9-12H2,1H3. The van der Waals surface area contributed by atoms with E-state index in [-0.39, 0.29) is 10.6 Å². The van der Waals surface area contributed by atoms with E-state index in [1.54, 1.807) is 12.0 Å². The highest BCUT2D eigenvalue weighted by Gasteiger charge is 2.29. The van der Waals surface area contributed by atoms with Crippen LogP contribution in [0.5, 0.6) is 5.75 Å². The Balaban J connectivity index is 1.68. The minimum Gasteiger partial charge on any atom is -0.497 e. The molecule has 1 amide bonds. The zero-order valence-electron chi connectivity index (χ0n) is 14.9. The Labute approximate surface area is 162 Å².